The first-order chi connectivity index (χ1) is 10.4. The number of hydrogen-bond donors (Lipinski definition) is 1. The van der Waals surface area contributed by atoms with Crippen LogP contribution in [-0.2, 0) is 10.4 Å². The van der Waals surface area contributed by atoms with Crippen molar-refractivity contribution in [3.05, 3.63) is 11.9 Å². The van der Waals surface area contributed by atoms with Crippen molar-refractivity contribution >= 4 is 5.91 Å². The Balaban J connectivity index is 1.95. The zero-order valence-corrected chi connectivity index (χ0v) is 14.1. The summed E-state index contributed by atoms with van der Waals surface area (Å²) in [7, 11) is 0. The lowest BCUT2D eigenvalue weighted by Gasteiger charge is -2.33. The lowest BCUT2D eigenvalue weighted by molar-refractivity contribution is -0.137. The lowest BCUT2D eigenvalue weighted by Crippen LogP contribution is -2.42. The molecule has 1 aromatic heterocycles. The van der Waals surface area contributed by atoms with Crippen LogP contribution < -0.4 is 0 Å². The van der Waals surface area contributed by atoms with E-state index in [9.17, 15) is 9.90 Å². The van der Waals surface area contributed by atoms with Crippen LogP contribution in [0.25, 0.3) is 0 Å². The lowest BCUT2D eigenvalue weighted by atomic mass is 9.98. The standard InChI is InChI=1S/C16H28N4O2/c1-5-12(6-2)15(21)19-9-7-13(8-10-19)20-11-14(17-18-20)16(3,4)22/h11-13,22H,5-10H2,1-4H3. The number of carbonyl (C=O) groups is 1. The maximum absolute atomic E-state index is 12.4. The molecule has 0 aromatic carbocycles. The second-order valence-electron chi connectivity index (χ2n) is 6.71. The quantitative estimate of drug-likeness (QED) is 0.904. The summed E-state index contributed by atoms with van der Waals surface area (Å²) in [6, 6.07) is 0.259. The summed E-state index contributed by atoms with van der Waals surface area (Å²) in [6.07, 6.45) is 5.42. The topological polar surface area (TPSA) is 71.2 Å². The number of nitrogens with zero attached hydrogens (tertiary/aromatic N) is 4. The molecule has 0 radical (unpaired) electrons. The number of amides is 1. The Morgan fingerprint density at radius 2 is 1.95 bits per heavy atom. The van der Waals surface area contributed by atoms with Gasteiger partial charge in [0.1, 0.15) is 11.3 Å². The summed E-state index contributed by atoms with van der Waals surface area (Å²) in [6.45, 7) is 9.12. The average Bonchev–Trinajstić information content (AvgIpc) is 2.98. The largest absolute Gasteiger partial charge is 0.384 e. The highest BCUT2D eigenvalue weighted by molar-refractivity contribution is 5.78. The minimum atomic E-state index is -0.968. The summed E-state index contributed by atoms with van der Waals surface area (Å²) in [5.74, 6) is 0.448. The molecule has 2 rings (SSSR count). The second-order valence-corrected chi connectivity index (χ2v) is 6.71. The van der Waals surface area contributed by atoms with Crippen LogP contribution in [0.4, 0.5) is 0 Å². The molecular weight excluding hydrogens is 280 g/mol. The molecule has 0 bridgehead atoms. The molecule has 1 aromatic rings. The van der Waals surface area contributed by atoms with Gasteiger partial charge in [-0.25, -0.2) is 4.68 Å². The van der Waals surface area contributed by atoms with E-state index in [1.165, 1.54) is 0 Å². The second kappa shape index (κ2) is 6.77. The highest BCUT2D eigenvalue weighted by atomic mass is 16.3. The van der Waals surface area contributed by atoms with Crippen LogP contribution in [0.15, 0.2) is 6.20 Å². The smallest absolute Gasteiger partial charge is 0.225 e. The molecule has 2 heterocycles. The Bertz CT molecular complexity index is 494. The van der Waals surface area contributed by atoms with E-state index in [-0.39, 0.29) is 12.0 Å². The van der Waals surface area contributed by atoms with Crippen LogP contribution >= 0.6 is 0 Å². The fraction of sp³-hybridized carbons (Fsp3) is 0.812. The Morgan fingerprint density at radius 1 is 1.36 bits per heavy atom. The van der Waals surface area contributed by atoms with Crippen LogP contribution in [0.1, 0.15) is 65.1 Å². The first-order valence-corrected chi connectivity index (χ1v) is 8.30. The van der Waals surface area contributed by atoms with Crippen molar-refractivity contribution in [2.75, 3.05) is 13.1 Å². The maximum Gasteiger partial charge on any atom is 0.225 e. The van der Waals surface area contributed by atoms with Gasteiger partial charge in [-0.15, -0.1) is 5.10 Å². The molecule has 0 aliphatic carbocycles. The van der Waals surface area contributed by atoms with Gasteiger partial charge in [0.05, 0.1) is 12.2 Å². The van der Waals surface area contributed by atoms with Crippen LogP contribution in [0.5, 0.6) is 0 Å². The molecule has 1 saturated heterocycles. The van der Waals surface area contributed by atoms with Crippen molar-refractivity contribution in [2.45, 2.75) is 65.0 Å². The van der Waals surface area contributed by atoms with Gasteiger partial charge in [-0.2, -0.15) is 0 Å². The Hall–Kier alpha value is -1.43. The predicted octanol–water partition coefficient (Wildman–Crippen LogP) is 2.11. The molecule has 1 amide bonds. The van der Waals surface area contributed by atoms with Crippen LogP contribution in [0, 0.1) is 5.92 Å². The van der Waals surface area contributed by atoms with E-state index in [1.54, 1.807) is 13.8 Å². The normalized spacial score (nSPS) is 17.3. The number of piperidine rings is 1. The monoisotopic (exact) mass is 308 g/mol. The first kappa shape index (κ1) is 16.9. The number of aliphatic hydroxyl groups is 1. The van der Waals surface area contributed by atoms with Gasteiger partial charge in [-0.05, 0) is 39.5 Å². The van der Waals surface area contributed by atoms with Crippen molar-refractivity contribution in [1.29, 1.82) is 0 Å². The third-order valence-corrected chi connectivity index (χ3v) is 4.62. The van der Waals surface area contributed by atoms with Crippen molar-refractivity contribution in [2.24, 2.45) is 5.92 Å². The average molecular weight is 308 g/mol. The zero-order valence-electron chi connectivity index (χ0n) is 14.1. The summed E-state index contributed by atoms with van der Waals surface area (Å²) in [5, 5.41) is 18.2. The van der Waals surface area contributed by atoms with Crippen molar-refractivity contribution in [1.82, 2.24) is 19.9 Å². The van der Waals surface area contributed by atoms with Crippen LogP contribution in [-0.4, -0.2) is 44.0 Å². The molecular formula is C16H28N4O2. The van der Waals surface area contributed by atoms with Gasteiger partial charge in [-0.1, -0.05) is 19.1 Å². The summed E-state index contributed by atoms with van der Waals surface area (Å²) in [4.78, 5) is 14.4. The molecule has 0 unspecified atom stereocenters. The predicted molar refractivity (Wildman–Crippen MR) is 84.2 cm³/mol. The molecule has 1 aliphatic rings. The Labute approximate surface area is 132 Å². The van der Waals surface area contributed by atoms with E-state index < -0.39 is 5.60 Å². The van der Waals surface area contributed by atoms with E-state index in [4.69, 9.17) is 0 Å². The van der Waals surface area contributed by atoms with Gasteiger partial charge >= 0.3 is 0 Å². The van der Waals surface area contributed by atoms with Gasteiger partial charge in [0.15, 0.2) is 0 Å². The van der Waals surface area contributed by atoms with Crippen molar-refractivity contribution in [3.63, 3.8) is 0 Å². The fourth-order valence-electron chi connectivity index (χ4n) is 2.98. The van der Waals surface area contributed by atoms with E-state index in [0.717, 1.165) is 38.8 Å². The SMILES string of the molecule is CCC(CC)C(=O)N1CCC(n2cc(C(C)(C)O)nn2)CC1. The molecule has 124 valence electrons. The maximum atomic E-state index is 12.4. The zero-order chi connectivity index (χ0) is 16.3. The minimum Gasteiger partial charge on any atom is -0.384 e. The van der Waals surface area contributed by atoms with E-state index in [2.05, 4.69) is 24.2 Å². The van der Waals surface area contributed by atoms with Gasteiger partial charge in [0, 0.05) is 19.0 Å². The molecule has 1 N–H and O–H groups in total. The number of aromatic nitrogens is 3. The molecule has 6 heteroatoms. The molecule has 0 saturated carbocycles. The van der Waals surface area contributed by atoms with Gasteiger partial charge in [0.2, 0.25) is 5.91 Å². The summed E-state index contributed by atoms with van der Waals surface area (Å²) < 4.78 is 1.84. The number of hydrogen-bond acceptors (Lipinski definition) is 4. The van der Waals surface area contributed by atoms with E-state index in [0.29, 0.717) is 11.6 Å². The molecule has 1 fully saturated rings. The number of carbonyl (C=O) groups excluding carboxylic acids is 1. The third kappa shape index (κ3) is 3.66. The van der Waals surface area contributed by atoms with Crippen molar-refractivity contribution in [3.8, 4) is 0 Å². The van der Waals surface area contributed by atoms with Gasteiger partial charge in [-0.3, -0.25) is 4.79 Å². The summed E-state index contributed by atoms with van der Waals surface area (Å²) in [5.41, 5.74) is -0.382. The number of rotatable bonds is 5. The highest BCUT2D eigenvalue weighted by Crippen LogP contribution is 2.25. The molecule has 1 aliphatic heterocycles. The minimum absolute atomic E-state index is 0.157. The highest BCUT2D eigenvalue weighted by Gasteiger charge is 2.28. The van der Waals surface area contributed by atoms with E-state index >= 15 is 0 Å². The van der Waals surface area contributed by atoms with E-state index in [1.807, 2.05) is 15.8 Å². The third-order valence-electron chi connectivity index (χ3n) is 4.62. The Morgan fingerprint density at radius 3 is 2.41 bits per heavy atom. The molecule has 0 atom stereocenters. The van der Waals surface area contributed by atoms with Gasteiger partial charge < -0.3 is 10.0 Å². The Kier molecular flexibility index (Phi) is 5.21. The van der Waals surface area contributed by atoms with Gasteiger partial charge in [0.25, 0.3) is 0 Å². The van der Waals surface area contributed by atoms with Crippen LogP contribution in [0.2, 0.25) is 0 Å². The molecule has 6 nitrogen and oxygen atoms in total. The molecule has 0 spiro atoms. The van der Waals surface area contributed by atoms with Crippen LogP contribution in [0.3, 0.4) is 0 Å². The van der Waals surface area contributed by atoms with Crippen molar-refractivity contribution < 1.29 is 9.90 Å². The number of likely N-dealkylation sites (tertiary alicyclic amines) is 1. The molecule has 22 heavy (non-hydrogen) atoms. The fourth-order valence-corrected chi connectivity index (χ4v) is 2.98. The first-order valence-electron chi connectivity index (χ1n) is 8.30. The summed E-state index contributed by atoms with van der Waals surface area (Å²) >= 11 is 0.